The second-order valence-electron chi connectivity index (χ2n) is 4.46. The molecule has 1 aliphatic heterocycles. The van der Waals surface area contributed by atoms with Crippen molar-refractivity contribution in [3.05, 3.63) is 18.2 Å². The summed E-state index contributed by atoms with van der Waals surface area (Å²) in [7, 11) is 0. The molecule has 1 heterocycles. The van der Waals surface area contributed by atoms with Crippen molar-refractivity contribution in [2.75, 3.05) is 24.6 Å². The normalized spacial score (nSPS) is 21.4. The Bertz CT molecular complexity index is 381. The first-order valence-corrected chi connectivity index (χ1v) is 6.27. The van der Waals surface area contributed by atoms with Crippen molar-refractivity contribution in [3.8, 4) is 5.75 Å². The van der Waals surface area contributed by atoms with Crippen LogP contribution in [0.1, 0.15) is 26.2 Å². The van der Waals surface area contributed by atoms with Crippen molar-refractivity contribution in [2.24, 2.45) is 0 Å². The van der Waals surface area contributed by atoms with Gasteiger partial charge in [-0.1, -0.05) is 13.0 Å². The maximum Gasteiger partial charge on any atom is 0.152 e. The van der Waals surface area contributed by atoms with Gasteiger partial charge in [0.25, 0.3) is 0 Å². The Hall–Kier alpha value is -1.42. The van der Waals surface area contributed by atoms with E-state index < -0.39 is 0 Å². The smallest absolute Gasteiger partial charge is 0.152 e. The number of hydrogen-bond acceptors (Lipinski definition) is 4. The van der Waals surface area contributed by atoms with Gasteiger partial charge in [-0.3, -0.25) is 4.90 Å². The third kappa shape index (κ3) is 2.64. The van der Waals surface area contributed by atoms with Crippen LogP contribution in [0.3, 0.4) is 0 Å². The molecule has 0 aliphatic carbocycles. The molecule has 1 aliphatic rings. The van der Waals surface area contributed by atoms with Crippen molar-refractivity contribution in [2.45, 2.75) is 32.4 Å². The van der Waals surface area contributed by atoms with E-state index in [2.05, 4.69) is 11.8 Å². The van der Waals surface area contributed by atoms with Gasteiger partial charge >= 0.3 is 0 Å². The van der Waals surface area contributed by atoms with E-state index in [-0.39, 0.29) is 6.23 Å². The van der Waals surface area contributed by atoms with Gasteiger partial charge in [0.1, 0.15) is 5.75 Å². The van der Waals surface area contributed by atoms with Crippen LogP contribution in [0.25, 0.3) is 0 Å². The number of nitrogen functional groups attached to an aromatic ring is 2. The van der Waals surface area contributed by atoms with Crippen LogP contribution in [0, 0.1) is 0 Å². The Kier molecular flexibility index (Phi) is 3.74. The summed E-state index contributed by atoms with van der Waals surface area (Å²) in [4.78, 5) is 2.34. The summed E-state index contributed by atoms with van der Waals surface area (Å²) in [5, 5.41) is 0. The lowest BCUT2D eigenvalue weighted by Crippen LogP contribution is -2.43. The molecule has 0 radical (unpaired) electrons. The number of anilines is 2. The molecule has 17 heavy (non-hydrogen) atoms. The SMILES string of the molecule is CCN1CCCCC1Oc1cccc(N)c1N. The van der Waals surface area contributed by atoms with E-state index in [1.165, 1.54) is 12.8 Å². The highest BCUT2D eigenvalue weighted by Crippen LogP contribution is 2.30. The molecule has 0 aromatic heterocycles. The Labute approximate surface area is 103 Å². The Morgan fingerprint density at radius 2 is 2.18 bits per heavy atom. The zero-order chi connectivity index (χ0) is 12.3. The van der Waals surface area contributed by atoms with Gasteiger partial charge in [0, 0.05) is 6.54 Å². The number of para-hydroxylation sites is 1. The zero-order valence-electron chi connectivity index (χ0n) is 10.4. The molecule has 1 fully saturated rings. The molecule has 0 spiro atoms. The molecular weight excluding hydrogens is 214 g/mol. The number of ether oxygens (including phenoxy) is 1. The molecule has 0 amide bonds. The molecule has 4 heteroatoms. The van der Waals surface area contributed by atoms with Crippen LogP contribution >= 0.6 is 0 Å². The fourth-order valence-corrected chi connectivity index (χ4v) is 2.27. The third-order valence-corrected chi connectivity index (χ3v) is 3.32. The molecule has 1 aromatic carbocycles. The number of rotatable bonds is 3. The molecule has 1 aromatic rings. The van der Waals surface area contributed by atoms with E-state index in [1.54, 1.807) is 6.07 Å². The second-order valence-corrected chi connectivity index (χ2v) is 4.46. The first kappa shape index (κ1) is 12.0. The maximum atomic E-state index is 5.99. The number of benzene rings is 1. The first-order chi connectivity index (χ1) is 8.22. The Morgan fingerprint density at radius 1 is 1.35 bits per heavy atom. The van der Waals surface area contributed by atoms with Gasteiger partial charge in [-0.25, -0.2) is 0 Å². The maximum absolute atomic E-state index is 5.99. The van der Waals surface area contributed by atoms with Gasteiger partial charge in [0.05, 0.1) is 11.4 Å². The topological polar surface area (TPSA) is 64.5 Å². The van der Waals surface area contributed by atoms with E-state index in [0.29, 0.717) is 17.1 Å². The summed E-state index contributed by atoms with van der Waals surface area (Å²) in [6.07, 6.45) is 3.66. The van der Waals surface area contributed by atoms with Gasteiger partial charge in [0.2, 0.25) is 0 Å². The lowest BCUT2D eigenvalue weighted by atomic mass is 10.1. The highest BCUT2D eigenvalue weighted by Gasteiger charge is 2.23. The van der Waals surface area contributed by atoms with Gasteiger partial charge in [-0.2, -0.15) is 0 Å². The Balaban J connectivity index is 2.11. The number of piperidine rings is 1. The predicted octanol–water partition coefficient (Wildman–Crippen LogP) is 2.06. The minimum Gasteiger partial charge on any atom is -0.473 e. The van der Waals surface area contributed by atoms with Crippen molar-refractivity contribution < 1.29 is 4.74 Å². The van der Waals surface area contributed by atoms with E-state index in [1.807, 2.05) is 12.1 Å². The van der Waals surface area contributed by atoms with Crippen molar-refractivity contribution in [1.82, 2.24) is 4.90 Å². The van der Waals surface area contributed by atoms with E-state index in [9.17, 15) is 0 Å². The van der Waals surface area contributed by atoms with Crippen LogP contribution in [-0.2, 0) is 0 Å². The summed E-state index contributed by atoms with van der Waals surface area (Å²) < 4.78 is 5.99. The molecule has 1 saturated heterocycles. The van der Waals surface area contributed by atoms with E-state index >= 15 is 0 Å². The molecular formula is C13H21N3O. The number of hydrogen-bond donors (Lipinski definition) is 2. The average molecular weight is 235 g/mol. The number of nitrogens with two attached hydrogens (primary N) is 2. The summed E-state index contributed by atoms with van der Waals surface area (Å²) in [5.41, 5.74) is 12.8. The largest absolute Gasteiger partial charge is 0.473 e. The van der Waals surface area contributed by atoms with Crippen LogP contribution in [0.4, 0.5) is 11.4 Å². The van der Waals surface area contributed by atoms with Gasteiger partial charge in [-0.05, 0) is 37.9 Å². The second kappa shape index (κ2) is 5.27. The van der Waals surface area contributed by atoms with E-state index in [0.717, 1.165) is 19.5 Å². The third-order valence-electron chi connectivity index (χ3n) is 3.32. The number of nitrogens with zero attached hydrogens (tertiary/aromatic N) is 1. The average Bonchev–Trinajstić information content (AvgIpc) is 2.35. The minimum absolute atomic E-state index is 0.137. The van der Waals surface area contributed by atoms with Crippen molar-refractivity contribution in [1.29, 1.82) is 0 Å². The van der Waals surface area contributed by atoms with Crippen LogP contribution in [-0.4, -0.2) is 24.2 Å². The molecule has 2 rings (SSSR count). The van der Waals surface area contributed by atoms with Crippen molar-refractivity contribution >= 4 is 11.4 Å². The standard InChI is InChI=1S/C13H21N3O/c1-2-16-9-4-3-8-12(16)17-11-7-5-6-10(14)13(11)15/h5-7,12H,2-4,8-9,14-15H2,1H3. The van der Waals surface area contributed by atoms with Crippen LogP contribution in [0.2, 0.25) is 0 Å². The molecule has 4 nitrogen and oxygen atoms in total. The van der Waals surface area contributed by atoms with E-state index in [4.69, 9.17) is 16.2 Å². The molecule has 0 saturated carbocycles. The molecule has 4 N–H and O–H groups in total. The summed E-state index contributed by atoms with van der Waals surface area (Å²) in [6, 6.07) is 5.55. The molecule has 0 bridgehead atoms. The molecule has 1 unspecified atom stereocenters. The van der Waals surface area contributed by atoms with Gasteiger partial charge in [-0.15, -0.1) is 0 Å². The Morgan fingerprint density at radius 3 is 2.94 bits per heavy atom. The highest BCUT2D eigenvalue weighted by molar-refractivity contribution is 5.70. The fraction of sp³-hybridized carbons (Fsp3) is 0.538. The van der Waals surface area contributed by atoms with Crippen LogP contribution in [0.5, 0.6) is 5.75 Å². The predicted molar refractivity (Wildman–Crippen MR) is 70.8 cm³/mol. The van der Waals surface area contributed by atoms with Crippen LogP contribution < -0.4 is 16.2 Å². The first-order valence-electron chi connectivity index (χ1n) is 6.27. The minimum atomic E-state index is 0.137. The number of likely N-dealkylation sites (tertiary alicyclic amines) is 1. The fourth-order valence-electron chi connectivity index (χ4n) is 2.27. The molecule has 94 valence electrons. The monoisotopic (exact) mass is 235 g/mol. The summed E-state index contributed by atoms with van der Waals surface area (Å²) in [6.45, 7) is 4.26. The lowest BCUT2D eigenvalue weighted by Gasteiger charge is -2.35. The quantitative estimate of drug-likeness (QED) is 0.787. The summed E-state index contributed by atoms with van der Waals surface area (Å²) in [5.74, 6) is 0.704. The zero-order valence-corrected chi connectivity index (χ0v) is 10.4. The summed E-state index contributed by atoms with van der Waals surface area (Å²) >= 11 is 0. The van der Waals surface area contributed by atoms with Gasteiger partial charge < -0.3 is 16.2 Å². The van der Waals surface area contributed by atoms with Crippen LogP contribution in [0.15, 0.2) is 18.2 Å². The van der Waals surface area contributed by atoms with Gasteiger partial charge in [0.15, 0.2) is 6.23 Å². The highest BCUT2D eigenvalue weighted by atomic mass is 16.5. The molecule has 1 atom stereocenters. The van der Waals surface area contributed by atoms with Crippen molar-refractivity contribution in [3.63, 3.8) is 0 Å². The lowest BCUT2D eigenvalue weighted by molar-refractivity contribution is 0.000472.